The molecule has 7 heteroatoms. The van der Waals surface area contributed by atoms with Crippen LogP contribution in [-0.2, 0) is 22.4 Å². The van der Waals surface area contributed by atoms with E-state index in [1.807, 2.05) is 0 Å². The molecule has 26 heavy (non-hydrogen) atoms. The van der Waals surface area contributed by atoms with Crippen molar-refractivity contribution in [3.8, 4) is 0 Å². The first kappa shape index (κ1) is 24.4. The zero-order chi connectivity index (χ0) is 19.4. The molecule has 0 bridgehead atoms. The number of rotatable bonds is 9. The van der Waals surface area contributed by atoms with Gasteiger partial charge in [0.05, 0.1) is 16.9 Å². The predicted octanol–water partition coefficient (Wildman–Crippen LogP) is 2.67. The van der Waals surface area contributed by atoms with Crippen LogP contribution in [0.15, 0.2) is 18.2 Å². The number of nitrogens with one attached hydrogen (secondary N) is 1. The third-order valence-corrected chi connectivity index (χ3v) is 4.44. The summed E-state index contributed by atoms with van der Waals surface area (Å²) in [6.07, 6.45) is -0.165. The number of aliphatic carboxylic acids is 2. The molecule has 4 N–H and O–H groups in total. The maximum atomic E-state index is 11.5. The van der Waals surface area contributed by atoms with Gasteiger partial charge in [0.1, 0.15) is 0 Å². The highest BCUT2D eigenvalue weighted by molar-refractivity contribution is 5.85. The molecular weight excluding hydrogens is 358 g/mol. The first-order chi connectivity index (χ1) is 11.4. The van der Waals surface area contributed by atoms with Gasteiger partial charge in [-0.2, -0.15) is 0 Å². The van der Waals surface area contributed by atoms with Crippen LogP contribution in [0.5, 0.6) is 0 Å². The fourth-order valence-corrected chi connectivity index (χ4v) is 2.60. The van der Waals surface area contributed by atoms with Gasteiger partial charge in [0.15, 0.2) is 0 Å². The lowest BCUT2D eigenvalue weighted by atomic mass is 9.79. The fourth-order valence-electron chi connectivity index (χ4n) is 2.60. The molecule has 0 aromatic heterocycles. The molecule has 0 aliphatic heterocycles. The number of carboxylic acid groups (broad SMARTS) is 2. The van der Waals surface area contributed by atoms with E-state index >= 15 is 0 Å². The second-order valence-electron chi connectivity index (χ2n) is 7.83. The van der Waals surface area contributed by atoms with E-state index in [0.717, 1.165) is 11.1 Å². The van der Waals surface area contributed by atoms with Crippen molar-refractivity contribution in [3.05, 3.63) is 34.9 Å². The first-order valence-electron chi connectivity index (χ1n) is 8.32. The van der Waals surface area contributed by atoms with Gasteiger partial charge in [0.25, 0.3) is 0 Å². The highest BCUT2D eigenvalue weighted by Gasteiger charge is 2.32. The summed E-state index contributed by atoms with van der Waals surface area (Å²) in [5.74, 6) is -1.83. The Morgan fingerprint density at radius 2 is 1.46 bits per heavy atom. The average Bonchev–Trinajstić information content (AvgIpc) is 2.48. The van der Waals surface area contributed by atoms with Gasteiger partial charge >= 0.3 is 11.9 Å². The molecule has 0 aliphatic rings. The standard InChI is InChI=1S/C19H29NO5.ClH/c1-18(2,16(22)23)9-13-7-6-12(15(21)11-20-5)8-14(13)10-19(3,4)17(24)25;/h6-8,15,20-21H,9-11H2,1-5H3,(H,22,23)(H,24,25);1H/t15-;/m0./s1. The minimum Gasteiger partial charge on any atom is -0.481 e. The van der Waals surface area contributed by atoms with Crippen LogP contribution in [0.1, 0.15) is 50.5 Å². The van der Waals surface area contributed by atoms with E-state index in [2.05, 4.69) is 5.32 Å². The van der Waals surface area contributed by atoms with Crippen molar-refractivity contribution in [1.82, 2.24) is 5.32 Å². The molecule has 1 rings (SSSR count). The zero-order valence-electron chi connectivity index (χ0n) is 16.0. The van der Waals surface area contributed by atoms with Crippen molar-refractivity contribution in [1.29, 1.82) is 0 Å². The molecule has 0 unspecified atom stereocenters. The lowest BCUT2D eigenvalue weighted by Crippen LogP contribution is -2.29. The molecule has 0 radical (unpaired) electrons. The normalized spacial score (nSPS) is 13.0. The Labute approximate surface area is 161 Å². The third-order valence-electron chi connectivity index (χ3n) is 4.44. The predicted molar refractivity (Wildman–Crippen MR) is 103 cm³/mol. The largest absolute Gasteiger partial charge is 0.481 e. The van der Waals surface area contributed by atoms with E-state index in [-0.39, 0.29) is 25.2 Å². The van der Waals surface area contributed by atoms with Gasteiger partial charge in [-0.1, -0.05) is 18.2 Å². The summed E-state index contributed by atoms with van der Waals surface area (Å²) in [5, 5.41) is 31.9. The van der Waals surface area contributed by atoms with Crippen molar-refractivity contribution in [2.24, 2.45) is 10.8 Å². The molecule has 1 aromatic rings. The number of likely N-dealkylation sites (N-methyl/N-ethyl adjacent to an activating group) is 1. The van der Waals surface area contributed by atoms with E-state index in [4.69, 9.17) is 0 Å². The molecule has 1 atom stereocenters. The Balaban J connectivity index is 0.00000625. The van der Waals surface area contributed by atoms with Crippen LogP contribution in [0.2, 0.25) is 0 Å². The summed E-state index contributed by atoms with van der Waals surface area (Å²) in [4.78, 5) is 22.9. The second kappa shape index (κ2) is 9.35. The lowest BCUT2D eigenvalue weighted by molar-refractivity contribution is -0.147. The lowest BCUT2D eigenvalue weighted by Gasteiger charge is -2.25. The van der Waals surface area contributed by atoms with Crippen LogP contribution in [0.4, 0.5) is 0 Å². The Hall–Kier alpha value is -1.63. The van der Waals surface area contributed by atoms with Crippen LogP contribution in [0.3, 0.4) is 0 Å². The quantitative estimate of drug-likeness (QED) is 0.519. The van der Waals surface area contributed by atoms with E-state index in [9.17, 15) is 24.9 Å². The van der Waals surface area contributed by atoms with Gasteiger partial charge in [0, 0.05) is 6.54 Å². The Morgan fingerprint density at radius 3 is 1.88 bits per heavy atom. The monoisotopic (exact) mass is 387 g/mol. The van der Waals surface area contributed by atoms with Crippen LogP contribution < -0.4 is 5.32 Å². The number of hydrogen-bond acceptors (Lipinski definition) is 4. The van der Waals surface area contributed by atoms with Crippen LogP contribution in [0.25, 0.3) is 0 Å². The molecule has 1 aromatic carbocycles. The Bertz CT molecular complexity index is 643. The molecule has 6 nitrogen and oxygen atoms in total. The van der Waals surface area contributed by atoms with Crippen molar-refractivity contribution >= 4 is 24.3 Å². The summed E-state index contributed by atoms with van der Waals surface area (Å²) < 4.78 is 0. The molecule has 0 aliphatic carbocycles. The number of carbonyl (C=O) groups is 2. The van der Waals surface area contributed by atoms with E-state index < -0.39 is 28.9 Å². The number of aliphatic hydroxyl groups excluding tert-OH is 1. The molecule has 148 valence electrons. The van der Waals surface area contributed by atoms with Crippen LogP contribution in [0, 0.1) is 10.8 Å². The highest BCUT2D eigenvalue weighted by Crippen LogP contribution is 2.31. The summed E-state index contributed by atoms with van der Waals surface area (Å²) in [6.45, 7) is 6.94. The number of benzene rings is 1. The van der Waals surface area contributed by atoms with Gasteiger partial charge in [-0.05, 0) is 64.3 Å². The summed E-state index contributed by atoms with van der Waals surface area (Å²) in [7, 11) is 1.74. The fraction of sp³-hybridized carbons (Fsp3) is 0.579. The minimum absolute atomic E-state index is 0. The number of carboxylic acids is 2. The van der Waals surface area contributed by atoms with Crippen molar-refractivity contribution < 1.29 is 24.9 Å². The molecule has 0 spiro atoms. The maximum absolute atomic E-state index is 11.5. The van der Waals surface area contributed by atoms with Gasteiger partial charge in [-0.25, -0.2) is 0 Å². The molecular formula is C19H30ClNO5. The molecule has 0 heterocycles. The molecule has 0 saturated heterocycles. The van der Waals surface area contributed by atoms with Crippen molar-refractivity contribution in [2.75, 3.05) is 13.6 Å². The SMILES string of the molecule is CNC[C@H](O)c1ccc(CC(C)(C)C(=O)O)c(CC(C)(C)C(=O)O)c1.Cl. The first-order valence-corrected chi connectivity index (χ1v) is 8.32. The minimum atomic E-state index is -0.991. The third kappa shape index (κ3) is 6.27. The summed E-state index contributed by atoms with van der Waals surface area (Å²) >= 11 is 0. The van der Waals surface area contributed by atoms with Gasteiger partial charge in [-0.3, -0.25) is 9.59 Å². The van der Waals surface area contributed by atoms with Gasteiger partial charge in [0.2, 0.25) is 0 Å². The summed E-state index contributed by atoms with van der Waals surface area (Å²) in [5.41, 5.74) is 0.279. The van der Waals surface area contributed by atoms with E-state index in [0.29, 0.717) is 12.1 Å². The molecule has 0 fully saturated rings. The van der Waals surface area contributed by atoms with Crippen LogP contribution >= 0.6 is 12.4 Å². The summed E-state index contributed by atoms with van der Waals surface area (Å²) in [6, 6.07) is 5.36. The highest BCUT2D eigenvalue weighted by atomic mass is 35.5. The van der Waals surface area contributed by atoms with Gasteiger partial charge < -0.3 is 20.6 Å². The van der Waals surface area contributed by atoms with Gasteiger partial charge in [-0.15, -0.1) is 12.4 Å². The van der Waals surface area contributed by atoms with Crippen molar-refractivity contribution in [2.45, 2.75) is 46.6 Å². The number of aliphatic hydroxyl groups is 1. The van der Waals surface area contributed by atoms with Crippen LogP contribution in [-0.4, -0.2) is 40.9 Å². The van der Waals surface area contributed by atoms with E-state index in [1.165, 1.54) is 0 Å². The Kier molecular flexibility index (Phi) is 8.76. The average molecular weight is 388 g/mol. The number of halogens is 1. The Morgan fingerprint density at radius 1 is 1.00 bits per heavy atom. The second-order valence-corrected chi connectivity index (χ2v) is 7.83. The maximum Gasteiger partial charge on any atom is 0.309 e. The molecule has 0 saturated carbocycles. The number of hydrogen-bond donors (Lipinski definition) is 4. The smallest absolute Gasteiger partial charge is 0.309 e. The topological polar surface area (TPSA) is 107 Å². The van der Waals surface area contributed by atoms with Crippen molar-refractivity contribution in [3.63, 3.8) is 0 Å². The molecule has 0 amide bonds. The van der Waals surface area contributed by atoms with E-state index in [1.54, 1.807) is 52.9 Å². The zero-order valence-corrected chi connectivity index (χ0v) is 16.8.